The van der Waals surface area contributed by atoms with Crippen LogP contribution in [0.3, 0.4) is 0 Å². The van der Waals surface area contributed by atoms with Crippen molar-refractivity contribution >= 4 is 6.08 Å². The first-order valence-electron chi connectivity index (χ1n) is 4.76. The predicted molar refractivity (Wildman–Crippen MR) is 58.4 cm³/mol. The van der Waals surface area contributed by atoms with Gasteiger partial charge in [-0.2, -0.15) is 0 Å². The van der Waals surface area contributed by atoms with E-state index in [1.54, 1.807) is 0 Å². The second kappa shape index (κ2) is 4.83. The SMILES string of the molecule is C=Cc1ccc([C@H](N)CCC)cc1. The molecule has 0 aliphatic carbocycles. The number of benzene rings is 1. The zero-order valence-electron chi connectivity index (χ0n) is 8.16. The molecule has 2 N–H and O–H groups in total. The first-order chi connectivity index (χ1) is 6.27. The lowest BCUT2D eigenvalue weighted by molar-refractivity contribution is 0.638. The molecule has 0 saturated carbocycles. The van der Waals surface area contributed by atoms with Gasteiger partial charge in [0.05, 0.1) is 0 Å². The molecular weight excluding hydrogens is 158 g/mol. The fourth-order valence-corrected chi connectivity index (χ4v) is 1.36. The minimum absolute atomic E-state index is 0.184. The molecule has 1 rings (SSSR count). The molecule has 1 nitrogen and oxygen atoms in total. The molecule has 13 heavy (non-hydrogen) atoms. The van der Waals surface area contributed by atoms with Crippen LogP contribution in [-0.4, -0.2) is 0 Å². The maximum atomic E-state index is 5.97. The van der Waals surface area contributed by atoms with E-state index < -0.39 is 0 Å². The third-order valence-corrected chi connectivity index (χ3v) is 2.20. The normalized spacial score (nSPS) is 12.5. The number of nitrogens with two attached hydrogens (primary N) is 1. The highest BCUT2D eigenvalue weighted by Crippen LogP contribution is 2.16. The van der Waals surface area contributed by atoms with Crippen LogP contribution in [0.5, 0.6) is 0 Å². The predicted octanol–water partition coefficient (Wildman–Crippen LogP) is 3.13. The highest BCUT2D eigenvalue weighted by molar-refractivity contribution is 5.47. The Balaban J connectivity index is 2.73. The largest absolute Gasteiger partial charge is 0.324 e. The van der Waals surface area contributed by atoms with Gasteiger partial charge in [-0.1, -0.05) is 50.3 Å². The summed E-state index contributed by atoms with van der Waals surface area (Å²) in [7, 11) is 0. The Labute approximate surface area is 80.3 Å². The van der Waals surface area contributed by atoms with E-state index >= 15 is 0 Å². The molecule has 0 spiro atoms. The molecule has 0 heterocycles. The van der Waals surface area contributed by atoms with Crippen molar-refractivity contribution in [3.8, 4) is 0 Å². The molecule has 1 aromatic rings. The fraction of sp³-hybridized carbons (Fsp3) is 0.333. The summed E-state index contributed by atoms with van der Waals surface area (Å²) < 4.78 is 0. The molecule has 1 heteroatoms. The van der Waals surface area contributed by atoms with Crippen LogP contribution in [0.25, 0.3) is 6.08 Å². The summed E-state index contributed by atoms with van der Waals surface area (Å²) in [4.78, 5) is 0. The van der Waals surface area contributed by atoms with E-state index in [1.807, 2.05) is 6.08 Å². The number of hydrogen-bond acceptors (Lipinski definition) is 1. The maximum absolute atomic E-state index is 5.97. The lowest BCUT2D eigenvalue weighted by Gasteiger charge is -2.10. The fourth-order valence-electron chi connectivity index (χ4n) is 1.36. The van der Waals surface area contributed by atoms with Gasteiger partial charge in [0.25, 0.3) is 0 Å². The average Bonchev–Trinajstić information content (AvgIpc) is 2.18. The van der Waals surface area contributed by atoms with Crippen molar-refractivity contribution in [3.05, 3.63) is 42.0 Å². The first-order valence-corrected chi connectivity index (χ1v) is 4.76. The van der Waals surface area contributed by atoms with Gasteiger partial charge < -0.3 is 5.73 Å². The molecule has 0 unspecified atom stereocenters. The van der Waals surface area contributed by atoms with Gasteiger partial charge in [0, 0.05) is 6.04 Å². The van der Waals surface area contributed by atoms with E-state index in [1.165, 1.54) is 5.56 Å². The zero-order chi connectivity index (χ0) is 9.68. The molecule has 0 aromatic heterocycles. The average molecular weight is 175 g/mol. The molecule has 70 valence electrons. The molecule has 0 saturated heterocycles. The van der Waals surface area contributed by atoms with Crippen molar-refractivity contribution in [3.63, 3.8) is 0 Å². The Morgan fingerprint density at radius 2 is 2.00 bits per heavy atom. The Morgan fingerprint density at radius 1 is 1.38 bits per heavy atom. The van der Waals surface area contributed by atoms with E-state index in [0.717, 1.165) is 18.4 Å². The molecule has 0 fully saturated rings. The van der Waals surface area contributed by atoms with Gasteiger partial charge >= 0.3 is 0 Å². The van der Waals surface area contributed by atoms with Crippen LogP contribution in [0.1, 0.15) is 36.9 Å². The van der Waals surface area contributed by atoms with Crippen LogP contribution in [0, 0.1) is 0 Å². The minimum atomic E-state index is 0.184. The molecule has 0 aliphatic rings. The molecule has 0 aliphatic heterocycles. The van der Waals surface area contributed by atoms with E-state index in [9.17, 15) is 0 Å². The highest BCUT2D eigenvalue weighted by atomic mass is 14.6. The third-order valence-electron chi connectivity index (χ3n) is 2.20. The van der Waals surface area contributed by atoms with Crippen molar-refractivity contribution in [2.24, 2.45) is 5.73 Å². The zero-order valence-corrected chi connectivity index (χ0v) is 8.16. The first kappa shape index (κ1) is 10.0. The summed E-state index contributed by atoms with van der Waals surface area (Å²) >= 11 is 0. The van der Waals surface area contributed by atoms with Crippen molar-refractivity contribution in [1.29, 1.82) is 0 Å². The summed E-state index contributed by atoms with van der Waals surface area (Å²) in [6.07, 6.45) is 4.02. The standard InChI is InChI=1S/C12H17N/c1-3-5-12(13)11-8-6-10(4-2)7-9-11/h4,6-9,12H,2-3,5,13H2,1H3/t12-/m1/s1. The van der Waals surface area contributed by atoms with Crippen LogP contribution in [0.2, 0.25) is 0 Å². The summed E-state index contributed by atoms with van der Waals surface area (Å²) in [6.45, 7) is 5.86. The monoisotopic (exact) mass is 175 g/mol. The Bertz CT molecular complexity index is 261. The summed E-state index contributed by atoms with van der Waals surface area (Å²) in [5, 5.41) is 0. The summed E-state index contributed by atoms with van der Waals surface area (Å²) in [5.41, 5.74) is 8.33. The van der Waals surface area contributed by atoms with Crippen molar-refractivity contribution < 1.29 is 0 Å². The molecule has 1 aromatic carbocycles. The number of rotatable bonds is 4. The van der Waals surface area contributed by atoms with Gasteiger partial charge in [-0.15, -0.1) is 0 Å². The van der Waals surface area contributed by atoms with Gasteiger partial charge in [-0.25, -0.2) is 0 Å². The van der Waals surface area contributed by atoms with Gasteiger partial charge in [-0.05, 0) is 17.5 Å². The Morgan fingerprint density at radius 3 is 2.46 bits per heavy atom. The van der Waals surface area contributed by atoms with Gasteiger partial charge in [0.1, 0.15) is 0 Å². The Kier molecular flexibility index (Phi) is 3.71. The van der Waals surface area contributed by atoms with Crippen LogP contribution in [-0.2, 0) is 0 Å². The summed E-state index contributed by atoms with van der Waals surface area (Å²) in [5.74, 6) is 0. The van der Waals surface area contributed by atoms with E-state index in [0.29, 0.717) is 0 Å². The highest BCUT2D eigenvalue weighted by Gasteiger charge is 2.02. The van der Waals surface area contributed by atoms with Crippen molar-refractivity contribution in [2.45, 2.75) is 25.8 Å². The van der Waals surface area contributed by atoms with E-state index in [-0.39, 0.29) is 6.04 Å². The van der Waals surface area contributed by atoms with Gasteiger partial charge in [-0.3, -0.25) is 0 Å². The second-order valence-electron chi connectivity index (χ2n) is 3.27. The smallest absolute Gasteiger partial charge is 0.0294 e. The molecular formula is C12H17N. The lowest BCUT2D eigenvalue weighted by atomic mass is 10.0. The van der Waals surface area contributed by atoms with Crippen LogP contribution in [0.4, 0.5) is 0 Å². The quantitative estimate of drug-likeness (QED) is 0.747. The van der Waals surface area contributed by atoms with E-state index in [2.05, 4.69) is 37.8 Å². The van der Waals surface area contributed by atoms with Gasteiger partial charge in [0.2, 0.25) is 0 Å². The van der Waals surface area contributed by atoms with E-state index in [4.69, 9.17) is 5.73 Å². The third kappa shape index (κ3) is 2.71. The maximum Gasteiger partial charge on any atom is 0.0294 e. The molecule has 0 bridgehead atoms. The lowest BCUT2D eigenvalue weighted by Crippen LogP contribution is -2.09. The topological polar surface area (TPSA) is 26.0 Å². The molecule has 0 amide bonds. The minimum Gasteiger partial charge on any atom is -0.324 e. The van der Waals surface area contributed by atoms with Crippen molar-refractivity contribution in [2.75, 3.05) is 0 Å². The van der Waals surface area contributed by atoms with Crippen molar-refractivity contribution in [1.82, 2.24) is 0 Å². The van der Waals surface area contributed by atoms with Crippen LogP contribution in [0.15, 0.2) is 30.8 Å². The summed E-state index contributed by atoms with van der Waals surface area (Å²) in [6, 6.07) is 8.45. The Hall–Kier alpha value is -1.08. The molecule has 0 radical (unpaired) electrons. The van der Waals surface area contributed by atoms with Gasteiger partial charge in [0.15, 0.2) is 0 Å². The van der Waals surface area contributed by atoms with Crippen LogP contribution < -0.4 is 5.73 Å². The number of hydrogen-bond donors (Lipinski definition) is 1. The van der Waals surface area contributed by atoms with Crippen LogP contribution >= 0.6 is 0 Å². The second-order valence-corrected chi connectivity index (χ2v) is 3.27. The molecule has 1 atom stereocenters.